The molecule has 1 aromatic carbocycles. The molecule has 0 aromatic heterocycles. The van der Waals surface area contributed by atoms with Gasteiger partial charge < -0.3 is 9.84 Å². The monoisotopic (exact) mass is 276 g/mol. The Morgan fingerprint density at radius 1 is 1.32 bits per heavy atom. The molecule has 0 atom stereocenters. The molecule has 1 aromatic rings. The van der Waals surface area contributed by atoms with Crippen molar-refractivity contribution in [3.63, 3.8) is 0 Å². The van der Waals surface area contributed by atoms with Gasteiger partial charge in [-0.05, 0) is 37.6 Å². The molecule has 0 fully saturated rings. The van der Waals surface area contributed by atoms with Crippen molar-refractivity contribution in [3.8, 4) is 5.75 Å². The van der Waals surface area contributed by atoms with Crippen LogP contribution in [0.15, 0.2) is 18.2 Å². The molecule has 19 heavy (non-hydrogen) atoms. The van der Waals surface area contributed by atoms with Crippen LogP contribution < -0.4 is 4.74 Å². The molecule has 0 radical (unpaired) electrons. The van der Waals surface area contributed by atoms with Crippen molar-refractivity contribution in [1.29, 1.82) is 0 Å². The summed E-state index contributed by atoms with van der Waals surface area (Å²) in [7, 11) is 0. The van der Waals surface area contributed by atoms with Crippen molar-refractivity contribution < 1.29 is 27.8 Å². The van der Waals surface area contributed by atoms with Gasteiger partial charge in [-0.25, -0.2) is 0 Å². The SMILES string of the molecule is CC(C)Oc1cc(CC(=O)CO)cc(C(F)(F)F)c1. The number of carbonyl (C=O) groups excluding carboxylic acids is 1. The number of hydrogen-bond acceptors (Lipinski definition) is 3. The van der Waals surface area contributed by atoms with Crippen LogP contribution >= 0.6 is 0 Å². The first-order chi connectivity index (χ1) is 8.72. The summed E-state index contributed by atoms with van der Waals surface area (Å²) in [6.07, 6.45) is -5.03. The van der Waals surface area contributed by atoms with Gasteiger partial charge in [0.25, 0.3) is 0 Å². The predicted molar refractivity (Wildman–Crippen MR) is 63.0 cm³/mol. The minimum atomic E-state index is -4.51. The Kier molecular flexibility index (Phi) is 4.94. The van der Waals surface area contributed by atoms with E-state index in [0.717, 1.165) is 12.1 Å². The van der Waals surface area contributed by atoms with Crippen LogP contribution in [0.1, 0.15) is 25.0 Å². The van der Waals surface area contributed by atoms with Gasteiger partial charge in [0, 0.05) is 6.42 Å². The highest BCUT2D eigenvalue weighted by Gasteiger charge is 2.31. The number of alkyl halides is 3. The Morgan fingerprint density at radius 2 is 1.95 bits per heavy atom. The largest absolute Gasteiger partial charge is 0.491 e. The number of ketones is 1. The summed E-state index contributed by atoms with van der Waals surface area (Å²) in [6.45, 7) is 2.69. The highest BCUT2D eigenvalue weighted by Crippen LogP contribution is 2.33. The fraction of sp³-hybridized carbons (Fsp3) is 0.462. The molecule has 0 spiro atoms. The van der Waals surface area contributed by atoms with Crippen molar-refractivity contribution in [2.24, 2.45) is 0 Å². The van der Waals surface area contributed by atoms with Gasteiger partial charge >= 0.3 is 6.18 Å². The van der Waals surface area contributed by atoms with Crippen molar-refractivity contribution in [3.05, 3.63) is 29.3 Å². The third-order valence-corrected chi connectivity index (χ3v) is 2.24. The van der Waals surface area contributed by atoms with Gasteiger partial charge in [0.05, 0.1) is 11.7 Å². The molecule has 0 saturated carbocycles. The van der Waals surface area contributed by atoms with Crippen LogP contribution in [0.5, 0.6) is 5.75 Å². The van der Waals surface area contributed by atoms with Crippen LogP contribution in [-0.4, -0.2) is 23.6 Å². The predicted octanol–water partition coefficient (Wildman–Crippen LogP) is 2.60. The summed E-state index contributed by atoms with van der Waals surface area (Å²) in [5, 5.41) is 8.64. The van der Waals surface area contributed by atoms with Crippen LogP contribution in [0.25, 0.3) is 0 Å². The molecule has 106 valence electrons. The smallest absolute Gasteiger partial charge is 0.416 e. The standard InChI is InChI=1S/C13H15F3O3/c1-8(2)19-12-5-9(4-11(18)7-17)3-10(6-12)13(14,15)16/h3,5-6,8,17H,4,7H2,1-2H3. The van der Waals surface area contributed by atoms with Gasteiger partial charge in [0.1, 0.15) is 12.4 Å². The second-order valence-electron chi connectivity index (χ2n) is 4.40. The van der Waals surface area contributed by atoms with Gasteiger partial charge in [-0.2, -0.15) is 13.2 Å². The van der Waals surface area contributed by atoms with Crippen molar-refractivity contribution in [2.75, 3.05) is 6.61 Å². The van der Waals surface area contributed by atoms with E-state index in [1.807, 2.05) is 0 Å². The number of rotatable bonds is 5. The van der Waals surface area contributed by atoms with Crippen LogP contribution in [0, 0.1) is 0 Å². The topological polar surface area (TPSA) is 46.5 Å². The first kappa shape index (κ1) is 15.5. The molecular weight excluding hydrogens is 261 g/mol. The van der Waals surface area contributed by atoms with Crippen molar-refractivity contribution in [2.45, 2.75) is 32.5 Å². The van der Waals surface area contributed by atoms with Gasteiger partial charge in [-0.3, -0.25) is 4.79 Å². The normalized spacial score (nSPS) is 11.7. The van der Waals surface area contributed by atoms with E-state index in [2.05, 4.69) is 0 Å². The summed E-state index contributed by atoms with van der Waals surface area (Å²) in [4.78, 5) is 11.1. The highest BCUT2D eigenvalue weighted by molar-refractivity contribution is 5.81. The molecule has 1 rings (SSSR count). The summed E-state index contributed by atoms with van der Waals surface area (Å²) in [5.74, 6) is -0.486. The maximum absolute atomic E-state index is 12.7. The van der Waals surface area contributed by atoms with Gasteiger partial charge in [0.2, 0.25) is 0 Å². The second-order valence-corrected chi connectivity index (χ2v) is 4.40. The minimum Gasteiger partial charge on any atom is -0.491 e. The zero-order valence-electron chi connectivity index (χ0n) is 10.6. The molecule has 0 amide bonds. The number of aliphatic hydroxyl groups excluding tert-OH is 1. The third kappa shape index (κ3) is 4.90. The zero-order valence-corrected chi connectivity index (χ0v) is 10.6. The maximum atomic E-state index is 12.7. The Bertz CT molecular complexity index is 453. The average molecular weight is 276 g/mol. The molecular formula is C13H15F3O3. The lowest BCUT2D eigenvalue weighted by Crippen LogP contribution is -2.12. The highest BCUT2D eigenvalue weighted by atomic mass is 19.4. The lowest BCUT2D eigenvalue weighted by atomic mass is 10.0. The molecule has 6 heteroatoms. The Labute approximate surface area is 109 Å². The number of ether oxygens (including phenoxy) is 1. The van der Waals surface area contributed by atoms with Gasteiger partial charge in [0.15, 0.2) is 5.78 Å². The van der Waals surface area contributed by atoms with E-state index >= 15 is 0 Å². The molecule has 0 aliphatic carbocycles. The molecule has 3 nitrogen and oxygen atoms in total. The van der Waals surface area contributed by atoms with Gasteiger partial charge in [-0.15, -0.1) is 0 Å². The van der Waals surface area contributed by atoms with Crippen LogP contribution in [0.3, 0.4) is 0 Å². The lowest BCUT2D eigenvalue weighted by Gasteiger charge is -2.14. The first-order valence-corrected chi connectivity index (χ1v) is 5.72. The fourth-order valence-electron chi connectivity index (χ4n) is 1.55. The quantitative estimate of drug-likeness (QED) is 0.899. The summed E-state index contributed by atoms with van der Waals surface area (Å²) < 4.78 is 43.4. The number of aliphatic hydroxyl groups is 1. The number of hydrogen-bond donors (Lipinski definition) is 1. The molecule has 0 aliphatic rings. The molecule has 0 unspecified atom stereocenters. The fourth-order valence-corrected chi connectivity index (χ4v) is 1.55. The zero-order chi connectivity index (χ0) is 14.6. The van der Waals surface area contributed by atoms with Crippen molar-refractivity contribution in [1.82, 2.24) is 0 Å². The molecule has 0 saturated heterocycles. The molecule has 1 N–H and O–H groups in total. The average Bonchev–Trinajstić information content (AvgIpc) is 2.26. The molecule has 0 heterocycles. The van der Waals surface area contributed by atoms with Crippen LogP contribution in [0.4, 0.5) is 13.2 Å². The number of Topliss-reactive ketones (excluding diaryl/α,β-unsaturated/α-hetero) is 1. The van der Waals surface area contributed by atoms with Crippen LogP contribution in [0.2, 0.25) is 0 Å². The Balaban J connectivity index is 3.12. The van der Waals surface area contributed by atoms with E-state index in [4.69, 9.17) is 9.84 Å². The van der Waals surface area contributed by atoms with Gasteiger partial charge in [-0.1, -0.05) is 0 Å². The minimum absolute atomic E-state index is 0.0607. The lowest BCUT2D eigenvalue weighted by molar-refractivity contribution is -0.137. The summed E-state index contributed by atoms with van der Waals surface area (Å²) >= 11 is 0. The maximum Gasteiger partial charge on any atom is 0.416 e. The number of benzene rings is 1. The molecule has 0 aliphatic heterocycles. The van der Waals surface area contributed by atoms with E-state index in [1.165, 1.54) is 6.07 Å². The Morgan fingerprint density at radius 3 is 2.42 bits per heavy atom. The van der Waals surface area contributed by atoms with Crippen LogP contribution in [-0.2, 0) is 17.4 Å². The Hall–Kier alpha value is -1.56. The second kappa shape index (κ2) is 6.06. The number of carbonyl (C=O) groups is 1. The van der Waals surface area contributed by atoms with E-state index in [-0.39, 0.29) is 23.8 Å². The summed E-state index contributed by atoms with van der Waals surface area (Å²) in [6, 6.07) is 3.16. The van der Waals surface area contributed by atoms with E-state index in [9.17, 15) is 18.0 Å². The van der Waals surface area contributed by atoms with Crippen molar-refractivity contribution >= 4 is 5.78 Å². The first-order valence-electron chi connectivity index (χ1n) is 5.72. The number of halogens is 3. The summed E-state index contributed by atoms with van der Waals surface area (Å²) in [5.41, 5.74) is -0.698. The third-order valence-electron chi connectivity index (χ3n) is 2.24. The van der Waals surface area contributed by atoms with E-state index in [1.54, 1.807) is 13.8 Å². The van der Waals surface area contributed by atoms with E-state index in [0.29, 0.717) is 0 Å². The molecule has 0 bridgehead atoms. The van der Waals surface area contributed by atoms with E-state index < -0.39 is 24.1 Å².